The van der Waals surface area contributed by atoms with Crippen molar-refractivity contribution in [2.24, 2.45) is 5.92 Å². The number of ether oxygens (including phenoxy) is 1. The fourth-order valence-electron chi connectivity index (χ4n) is 2.64. The van der Waals surface area contributed by atoms with Crippen LogP contribution in [0, 0.1) is 16.0 Å². The number of carbonyl (C=O) groups excluding carboxylic acids is 1. The second-order valence-electron chi connectivity index (χ2n) is 5.67. The number of nitrogens with zero attached hydrogens (tertiary/aromatic N) is 2. The smallest absolute Gasteiger partial charge is 0.269 e. The Morgan fingerprint density at radius 2 is 2.00 bits per heavy atom. The van der Waals surface area contributed by atoms with Gasteiger partial charge in [-0.15, -0.1) is 0 Å². The molecule has 1 aromatic carbocycles. The predicted molar refractivity (Wildman–Crippen MR) is 86.4 cm³/mol. The molecule has 2 rings (SSSR count). The molecule has 7 heteroatoms. The third-order valence-corrected chi connectivity index (χ3v) is 4.06. The quantitative estimate of drug-likeness (QED) is 0.611. The van der Waals surface area contributed by atoms with Crippen molar-refractivity contribution in [3.05, 3.63) is 34.4 Å². The van der Waals surface area contributed by atoms with E-state index in [9.17, 15) is 14.9 Å². The highest BCUT2D eigenvalue weighted by Crippen LogP contribution is 2.19. The molecule has 0 unspecified atom stereocenters. The van der Waals surface area contributed by atoms with Crippen molar-refractivity contribution in [3.63, 3.8) is 0 Å². The molecular weight excluding hydrogens is 298 g/mol. The molecule has 0 atom stereocenters. The number of amides is 1. The number of rotatable bonds is 7. The summed E-state index contributed by atoms with van der Waals surface area (Å²) in [5, 5.41) is 13.9. The maximum Gasteiger partial charge on any atom is 0.269 e. The van der Waals surface area contributed by atoms with Crippen molar-refractivity contribution in [1.29, 1.82) is 0 Å². The van der Waals surface area contributed by atoms with E-state index in [0.29, 0.717) is 11.7 Å². The van der Waals surface area contributed by atoms with Crippen LogP contribution < -0.4 is 10.1 Å². The van der Waals surface area contributed by atoms with Crippen LogP contribution in [0.1, 0.15) is 19.8 Å². The van der Waals surface area contributed by atoms with Gasteiger partial charge in [0, 0.05) is 25.2 Å². The zero-order valence-electron chi connectivity index (χ0n) is 13.4. The molecule has 0 radical (unpaired) electrons. The molecule has 1 aliphatic rings. The number of nitrogens with one attached hydrogen (secondary N) is 1. The summed E-state index contributed by atoms with van der Waals surface area (Å²) >= 11 is 0. The highest BCUT2D eigenvalue weighted by atomic mass is 16.6. The average Bonchev–Trinajstić information content (AvgIpc) is 2.58. The van der Waals surface area contributed by atoms with Gasteiger partial charge in [0.2, 0.25) is 0 Å². The molecule has 0 aromatic heterocycles. The summed E-state index contributed by atoms with van der Waals surface area (Å²) in [6.07, 6.45) is 2.02. The monoisotopic (exact) mass is 321 g/mol. The predicted octanol–water partition coefficient (Wildman–Crippen LogP) is 1.82. The van der Waals surface area contributed by atoms with Crippen LogP contribution in [0.5, 0.6) is 5.75 Å². The van der Waals surface area contributed by atoms with E-state index in [0.717, 1.165) is 39.0 Å². The molecule has 1 heterocycles. The van der Waals surface area contributed by atoms with Gasteiger partial charge >= 0.3 is 0 Å². The van der Waals surface area contributed by atoms with Crippen LogP contribution in [-0.2, 0) is 4.79 Å². The lowest BCUT2D eigenvalue weighted by atomic mass is 9.97. The van der Waals surface area contributed by atoms with Gasteiger partial charge in [-0.3, -0.25) is 14.9 Å². The Labute approximate surface area is 135 Å². The summed E-state index contributed by atoms with van der Waals surface area (Å²) in [6.45, 7) is 5.57. The van der Waals surface area contributed by atoms with Crippen LogP contribution >= 0.6 is 0 Å². The normalized spacial score (nSPS) is 15.4. The number of hydrogen-bond donors (Lipinski definition) is 1. The maximum atomic E-state index is 12.1. The van der Waals surface area contributed by atoms with Gasteiger partial charge in [-0.1, -0.05) is 6.92 Å². The first-order valence-corrected chi connectivity index (χ1v) is 7.96. The molecule has 1 N–H and O–H groups in total. The summed E-state index contributed by atoms with van der Waals surface area (Å²) in [5.41, 5.74) is 0.00596. The zero-order chi connectivity index (χ0) is 16.7. The molecule has 1 aromatic rings. The van der Waals surface area contributed by atoms with E-state index in [2.05, 4.69) is 12.2 Å². The van der Waals surface area contributed by atoms with Crippen molar-refractivity contribution in [1.82, 2.24) is 10.2 Å². The molecule has 1 amide bonds. The van der Waals surface area contributed by atoms with E-state index in [1.807, 2.05) is 4.90 Å². The molecule has 126 valence electrons. The summed E-state index contributed by atoms with van der Waals surface area (Å²) in [7, 11) is 0. The summed E-state index contributed by atoms with van der Waals surface area (Å²) in [6, 6.07) is 5.75. The van der Waals surface area contributed by atoms with Crippen LogP contribution in [0.3, 0.4) is 0 Å². The third-order valence-electron chi connectivity index (χ3n) is 4.06. The minimum atomic E-state index is -0.466. The first-order valence-electron chi connectivity index (χ1n) is 7.96. The molecule has 1 saturated heterocycles. The van der Waals surface area contributed by atoms with E-state index in [1.165, 1.54) is 24.3 Å². The molecule has 23 heavy (non-hydrogen) atoms. The average molecular weight is 321 g/mol. The van der Waals surface area contributed by atoms with Crippen molar-refractivity contribution in [2.45, 2.75) is 19.8 Å². The van der Waals surface area contributed by atoms with Crippen molar-refractivity contribution < 1.29 is 14.5 Å². The van der Waals surface area contributed by atoms with Gasteiger partial charge in [-0.25, -0.2) is 0 Å². The van der Waals surface area contributed by atoms with E-state index >= 15 is 0 Å². The Kier molecular flexibility index (Phi) is 6.34. The van der Waals surface area contributed by atoms with E-state index in [4.69, 9.17) is 4.74 Å². The summed E-state index contributed by atoms with van der Waals surface area (Å²) < 4.78 is 5.42. The second kappa shape index (κ2) is 8.47. The van der Waals surface area contributed by atoms with Gasteiger partial charge in [0.05, 0.1) is 4.92 Å². The lowest BCUT2D eigenvalue weighted by Gasteiger charge is -2.32. The standard InChI is InChI=1S/C16H23N3O4/c1-2-17-11-13-7-9-18(10-8-13)16(20)12-23-15-5-3-14(4-6-15)19(21)22/h3-6,13,17H,2,7-12H2,1H3. The number of nitro groups is 1. The zero-order valence-corrected chi connectivity index (χ0v) is 13.4. The Bertz CT molecular complexity index is 525. The highest BCUT2D eigenvalue weighted by molar-refractivity contribution is 5.77. The Morgan fingerprint density at radius 1 is 1.35 bits per heavy atom. The highest BCUT2D eigenvalue weighted by Gasteiger charge is 2.22. The molecule has 0 bridgehead atoms. The largest absolute Gasteiger partial charge is 0.484 e. The molecular formula is C16H23N3O4. The minimum absolute atomic E-state index is 0.00596. The van der Waals surface area contributed by atoms with Crippen molar-refractivity contribution in [2.75, 3.05) is 32.8 Å². The van der Waals surface area contributed by atoms with Gasteiger partial charge in [0.1, 0.15) is 5.75 Å². The van der Waals surface area contributed by atoms with Crippen LogP contribution in [0.15, 0.2) is 24.3 Å². The summed E-state index contributed by atoms with van der Waals surface area (Å²) in [4.78, 5) is 24.1. The third kappa shape index (κ3) is 5.21. The number of piperidine rings is 1. The number of likely N-dealkylation sites (tertiary alicyclic amines) is 1. The summed E-state index contributed by atoms with van der Waals surface area (Å²) in [5.74, 6) is 1.06. The first kappa shape index (κ1) is 17.2. The van der Waals surface area contributed by atoms with Crippen molar-refractivity contribution >= 4 is 11.6 Å². The number of hydrogen-bond acceptors (Lipinski definition) is 5. The van der Waals surface area contributed by atoms with Gasteiger partial charge in [0.25, 0.3) is 11.6 Å². The second-order valence-corrected chi connectivity index (χ2v) is 5.67. The van der Waals surface area contributed by atoms with Crippen LogP contribution in [0.2, 0.25) is 0 Å². The SMILES string of the molecule is CCNCC1CCN(C(=O)COc2ccc([N+](=O)[O-])cc2)CC1. The lowest BCUT2D eigenvalue weighted by molar-refractivity contribution is -0.384. The number of non-ortho nitro benzene ring substituents is 1. The van der Waals surface area contributed by atoms with E-state index < -0.39 is 4.92 Å². The van der Waals surface area contributed by atoms with Crippen LogP contribution in [-0.4, -0.2) is 48.5 Å². The van der Waals surface area contributed by atoms with Gasteiger partial charge < -0.3 is 15.0 Å². The van der Waals surface area contributed by atoms with Gasteiger partial charge in [-0.2, -0.15) is 0 Å². The maximum absolute atomic E-state index is 12.1. The Hall–Kier alpha value is -2.15. The first-order chi connectivity index (χ1) is 11.1. The fraction of sp³-hybridized carbons (Fsp3) is 0.562. The minimum Gasteiger partial charge on any atom is -0.484 e. The molecule has 1 aliphatic heterocycles. The lowest BCUT2D eigenvalue weighted by Crippen LogP contribution is -2.42. The van der Waals surface area contributed by atoms with E-state index in [1.54, 1.807) is 0 Å². The molecule has 0 saturated carbocycles. The van der Waals surface area contributed by atoms with Crippen molar-refractivity contribution in [3.8, 4) is 5.75 Å². The van der Waals surface area contributed by atoms with Gasteiger partial charge in [-0.05, 0) is 44.0 Å². The molecule has 0 spiro atoms. The van der Waals surface area contributed by atoms with Crippen LogP contribution in [0.25, 0.3) is 0 Å². The Balaban J connectivity index is 1.74. The number of nitro benzene ring substituents is 1. The molecule has 1 fully saturated rings. The Morgan fingerprint density at radius 3 is 2.57 bits per heavy atom. The molecule has 0 aliphatic carbocycles. The molecule has 7 nitrogen and oxygen atoms in total. The number of carbonyl (C=O) groups is 1. The van der Waals surface area contributed by atoms with Crippen LogP contribution in [0.4, 0.5) is 5.69 Å². The number of benzene rings is 1. The fourth-order valence-corrected chi connectivity index (χ4v) is 2.64. The van der Waals surface area contributed by atoms with E-state index in [-0.39, 0.29) is 18.2 Å². The topological polar surface area (TPSA) is 84.7 Å². The van der Waals surface area contributed by atoms with Gasteiger partial charge in [0.15, 0.2) is 6.61 Å².